The third-order valence-electron chi connectivity index (χ3n) is 3.97. The number of ether oxygens (including phenoxy) is 2. The van der Waals surface area contributed by atoms with E-state index in [9.17, 15) is 13.2 Å². The molecular formula is C19H18N2O6S. The maximum atomic E-state index is 12.9. The van der Waals surface area contributed by atoms with Crippen LogP contribution in [0.25, 0.3) is 11.5 Å². The zero-order valence-corrected chi connectivity index (χ0v) is 16.0. The fraction of sp³-hybridized carbons (Fsp3) is 0.158. The summed E-state index contributed by atoms with van der Waals surface area (Å²) >= 11 is 0. The van der Waals surface area contributed by atoms with Gasteiger partial charge in [0.25, 0.3) is 0 Å². The van der Waals surface area contributed by atoms with Crippen LogP contribution >= 0.6 is 0 Å². The molecular weight excluding hydrogens is 384 g/mol. The summed E-state index contributed by atoms with van der Waals surface area (Å²) in [5, 5.41) is 0. The van der Waals surface area contributed by atoms with Gasteiger partial charge in [0, 0.05) is 12.7 Å². The molecule has 3 aromatic rings. The number of aromatic nitrogens is 1. The Balaban J connectivity index is 1.91. The van der Waals surface area contributed by atoms with Crippen molar-refractivity contribution < 1.29 is 27.1 Å². The quantitative estimate of drug-likeness (QED) is 0.605. The van der Waals surface area contributed by atoms with Crippen LogP contribution < -0.4 is 9.46 Å². The molecule has 0 bridgehead atoms. The zero-order chi connectivity index (χ0) is 20.1. The van der Waals surface area contributed by atoms with Gasteiger partial charge in [0.2, 0.25) is 10.0 Å². The molecule has 28 heavy (non-hydrogen) atoms. The van der Waals surface area contributed by atoms with Gasteiger partial charge in [0.15, 0.2) is 5.76 Å². The van der Waals surface area contributed by atoms with Crippen molar-refractivity contribution in [3.05, 3.63) is 66.1 Å². The van der Waals surface area contributed by atoms with E-state index in [1.807, 2.05) is 0 Å². The lowest BCUT2D eigenvalue weighted by Gasteiger charge is -2.13. The first-order valence-corrected chi connectivity index (χ1v) is 9.68. The van der Waals surface area contributed by atoms with E-state index in [0.29, 0.717) is 17.0 Å². The van der Waals surface area contributed by atoms with Gasteiger partial charge >= 0.3 is 5.97 Å². The lowest BCUT2D eigenvalue weighted by molar-refractivity contribution is 0.0600. The maximum absolute atomic E-state index is 12.9. The number of nitrogens with one attached hydrogen (secondary N) is 1. The van der Waals surface area contributed by atoms with Crippen LogP contribution in [0.15, 0.2) is 64.2 Å². The Hall–Kier alpha value is -3.17. The molecule has 2 aromatic heterocycles. The van der Waals surface area contributed by atoms with Gasteiger partial charge in [0.05, 0.1) is 26.0 Å². The van der Waals surface area contributed by atoms with Gasteiger partial charge in [-0.05, 0) is 42.0 Å². The number of hydrogen-bond acceptors (Lipinski definition) is 7. The second-order valence-electron chi connectivity index (χ2n) is 5.67. The van der Waals surface area contributed by atoms with Crippen LogP contribution in [-0.4, -0.2) is 33.6 Å². The molecule has 0 aliphatic carbocycles. The topological polar surface area (TPSA) is 108 Å². The molecule has 1 N–H and O–H groups in total. The monoisotopic (exact) mass is 402 g/mol. The van der Waals surface area contributed by atoms with E-state index in [1.165, 1.54) is 38.7 Å². The Bertz CT molecular complexity index is 1080. The highest BCUT2D eigenvalue weighted by atomic mass is 32.2. The molecule has 0 saturated heterocycles. The highest BCUT2D eigenvalue weighted by Crippen LogP contribution is 2.26. The smallest absolute Gasteiger partial charge is 0.337 e. The Morgan fingerprint density at radius 1 is 1.18 bits per heavy atom. The van der Waals surface area contributed by atoms with Crippen molar-refractivity contribution in [2.45, 2.75) is 11.4 Å². The number of carbonyl (C=O) groups excluding carboxylic acids is 1. The summed E-state index contributed by atoms with van der Waals surface area (Å²) in [6, 6.07) is 11.0. The molecule has 0 radical (unpaired) electrons. The average Bonchev–Trinajstić information content (AvgIpc) is 3.26. The fourth-order valence-electron chi connectivity index (χ4n) is 2.60. The van der Waals surface area contributed by atoms with Crippen molar-refractivity contribution in [2.75, 3.05) is 14.2 Å². The molecule has 0 unspecified atom stereocenters. The number of furan rings is 1. The van der Waals surface area contributed by atoms with Crippen LogP contribution in [0, 0.1) is 0 Å². The minimum absolute atomic E-state index is 0.0299. The number of esters is 1. The van der Waals surface area contributed by atoms with E-state index in [4.69, 9.17) is 9.15 Å². The van der Waals surface area contributed by atoms with Crippen molar-refractivity contribution in [1.82, 2.24) is 9.71 Å². The molecule has 3 rings (SSSR count). The van der Waals surface area contributed by atoms with E-state index >= 15 is 0 Å². The Morgan fingerprint density at radius 2 is 2.00 bits per heavy atom. The van der Waals surface area contributed by atoms with E-state index in [0.717, 1.165) is 0 Å². The molecule has 0 spiro atoms. The fourth-order valence-corrected chi connectivity index (χ4v) is 3.80. The summed E-state index contributed by atoms with van der Waals surface area (Å²) in [4.78, 5) is 15.8. The van der Waals surface area contributed by atoms with Gasteiger partial charge in [-0.25, -0.2) is 17.9 Å². The summed E-state index contributed by atoms with van der Waals surface area (Å²) < 4.78 is 43.4. The predicted molar refractivity (Wildman–Crippen MR) is 100 cm³/mol. The number of sulfonamides is 1. The largest absolute Gasteiger partial charge is 0.495 e. The molecule has 0 fully saturated rings. The highest BCUT2D eigenvalue weighted by Gasteiger charge is 2.22. The molecule has 2 heterocycles. The second kappa shape index (κ2) is 8.24. The van der Waals surface area contributed by atoms with Crippen molar-refractivity contribution >= 4 is 16.0 Å². The van der Waals surface area contributed by atoms with Crippen LogP contribution in [0.2, 0.25) is 0 Å². The van der Waals surface area contributed by atoms with Crippen LogP contribution in [0.4, 0.5) is 0 Å². The number of pyridine rings is 1. The summed E-state index contributed by atoms with van der Waals surface area (Å²) in [7, 11) is -1.42. The molecule has 146 valence electrons. The van der Waals surface area contributed by atoms with Gasteiger partial charge < -0.3 is 13.9 Å². The van der Waals surface area contributed by atoms with Gasteiger partial charge in [-0.2, -0.15) is 0 Å². The number of nitrogens with zero attached hydrogens (tertiary/aromatic N) is 1. The second-order valence-corrected chi connectivity index (χ2v) is 7.41. The number of methoxy groups -OCH3 is 2. The maximum Gasteiger partial charge on any atom is 0.337 e. The standard InChI is InChI=1S/C19H18N2O6S/c1-25-15-8-7-13(19(22)26-2)11-17(15)28(23,24)21-12-14-5-3-9-20-18(14)16-6-4-10-27-16/h3-11,21H,12H2,1-2H3. The third kappa shape index (κ3) is 4.05. The molecule has 0 aliphatic heterocycles. The minimum atomic E-state index is -3.99. The van der Waals surface area contributed by atoms with Crippen molar-refractivity contribution in [3.63, 3.8) is 0 Å². The lowest BCUT2D eigenvalue weighted by atomic mass is 10.1. The van der Waals surface area contributed by atoms with E-state index in [1.54, 1.807) is 30.5 Å². The van der Waals surface area contributed by atoms with E-state index < -0.39 is 16.0 Å². The molecule has 0 amide bonds. The molecule has 1 aromatic carbocycles. The molecule has 9 heteroatoms. The van der Waals surface area contributed by atoms with Crippen molar-refractivity contribution in [3.8, 4) is 17.2 Å². The number of rotatable bonds is 7. The van der Waals surface area contributed by atoms with Crippen LogP contribution in [0.1, 0.15) is 15.9 Å². The first kappa shape index (κ1) is 19.6. The summed E-state index contributed by atoms with van der Waals surface area (Å²) in [6.45, 7) is -0.0299. The van der Waals surface area contributed by atoms with Gasteiger partial charge in [-0.3, -0.25) is 4.98 Å². The van der Waals surface area contributed by atoms with E-state index in [-0.39, 0.29) is 22.8 Å². The summed E-state index contributed by atoms with van der Waals surface area (Å²) in [5.41, 5.74) is 1.26. The lowest BCUT2D eigenvalue weighted by Crippen LogP contribution is -2.24. The number of hydrogen-bond donors (Lipinski definition) is 1. The zero-order valence-electron chi connectivity index (χ0n) is 15.2. The highest BCUT2D eigenvalue weighted by molar-refractivity contribution is 7.89. The van der Waals surface area contributed by atoms with Crippen molar-refractivity contribution in [2.24, 2.45) is 0 Å². The van der Waals surface area contributed by atoms with Crippen LogP contribution in [-0.2, 0) is 21.3 Å². The average molecular weight is 402 g/mol. The minimum Gasteiger partial charge on any atom is -0.495 e. The normalized spacial score (nSPS) is 11.2. The molecule has 0 aliphatic rings. The van der Waals surface area contributed by atoms with Crippen LogP contribution in [0.3, 0.4) is 0 Å². The van der Waals surface area contributed by atoms with Gasteiger partial charge in [-0.1, -0.05) is 6.07 Å². The summed E-state index contributed by atoms with van der Waals surface area (Å²) in [6.07, 6.45) is 3.11. The molecule has 8 nitrogen and oxygen atoms in total. The third-order valence-corrected chi connectivity index (χ3v) is 5.40. The number of carbonyl (C=O) groups is 1. The Kier molecular flexibility index (Phi) is 5.76. The first-order chi connectivity index (χ1) is 13.5. The Morgan fingerprint density at radius 3 is 2.68 bits per heavy atom. The van der Waals surface area contributed by atoms with Gasteiger partial charge in [-0.15, -0.1) is 0 Å². The molecule has 0 atom stereocenters. The number of benzene rings is 1. The van der Waals surface area contributed by atoms with Gasteiger partial charge in [0.1, 0.15) is 16.3 Å². The predicted octanol–water partition coefficient (Wildman–Crippen LogP) is 2.62. The first-order valence-electron chi connectivity index (χ1n) is 8.20. The Labute approximate surface area is 162 Å². The SMILES string of the molecule is COC(=O)c1ccc(OC)c(S(=O)(=O)NCc2cccnc2-c2ccco2)c1. The van der Waals surface area contributed by atoms with E-state index in [2.05, 4.69) is 14.4 Å². The summed E-state index contributed by atoms with van der Waals surface area (Å²) in [5.74, 6) is -0.0101. The van der Waals surface area contributed by atoms with Crippen LogP contribution in [0.5, 0.6) is 5.75 Å². The van der Waals surface area contributed by atoms with Crippen molar-refractivity contribution in [1.29, 1.82) is 0 Å². The molecule has 0 saturated carbocycles.